The molecule has 8 nitrogen and oxygen atoms in total. The lowest BCUT2D eigenvalue weighted by molar-refractivity contribution is 0.0996. The summed E-state index contributed by atoms with van der Waals surface area (Å²) in [5.41, 5.74) is 1.77. The molecule has 0 unspecified atom stereocenters. The van der Waals surface area contributed by atoms with Gasteiger partial charge in [0.1, 0.15) is 0 Å². The molecular formula is C22H33N5O3. The Hall–Kier alpha value is -2.84. The van der Waals surface area contributed by atoms with E-state index in [9.17, 15) is 4.79 Å². The molecule has 0 bridgehead atoms. The summed E-state index contributed by atoms with van der Waals surface area (Å²) in [7, 11) is 3.83. The van der Waals surface area contributed by atoms with Gasteiger partial charge in [-0.25, -0.2) is 4.99 Å². The first-order chi connectivity index (χ1) is 14.6. The highest BCUT2D eigenvalue weighted by Crippen LogP contribution is 2.12. The number of carbonyl (C=O) groups is 1. The number of nitrogens with zero attached hydrogens (tertiary/aromatic N) is 2. The minimum Gasteiger partial charge on any atom is -0.459 e. The molecule has 1 heterocycles. The molecule has 0 radical (unpaired) electrons. The van der Waals surface area contributed by atoms with Crippen molar-refractivity contribution in [2.75, 3.05) is 52.3 Å². The van der Waals surface area contributed by atoms with Gasteiger partial charge in [0.25, 0.3) is 5.91 Å². The second-order valence-electron chi connectivity index (χ2n) is 6.90. The minimum absolute atomic E-state index is 0.267. The third-order valence-corrected chi connectivity index (χ3v) is 4.40. The smallest absolute Gasteiger partial charge is 0.291 e. The maximum Gasteiger partial charge on any atom is 0.291 e. The van der Waals surface area contributed by atoms with Crippen LogP contribution in [0.1, 0.15) is 29.5 Å². The van der Waals surface area contributed by atoms with Gasteiger partial charge in [-0.3, -0.25) is 4.79 Å². The number of hydrogen-bond acceptors (Lipinski definition) is 5. The molecule has 1 amide bonds. The molecule has 0 spiro atoms. The van der Waals surface area contributed by atoms with Crippen molar-refractivity contribution in [1.82, 2.24) is 15.5 Å². The van der Waals surface area contributed by atoms with Crippen LogP contribution in [0.5, 0.6) is 0 Å². The maximum atomic E-state index is 12.0. The summed E-state index contributed by atoms with van der Waals surface area (Å²) >= 11 is 0. The highest BCUT2D eigenvalue weighted by Gasteiger charge is 2.08. The van der Waals surface area contributed by atoms with Crippen LogP contribution in [0, 0.1) is 0 Å². The third-order valence-electron chi connectivity index (χ3n) is 4.40. The van der Waals surface area contributed by atoms with Crippen molar-refractivity contribution in [2.45, 2.75) is 19.9 Å². The Balaban J connectivity index is 1.79. The van der Waals surface area contributed by atoms with Crippen molar-refractivity contribution in [1.29, 1.82) is 0 Å². The van der Waals surface area contributed by atoms with Crippen LogP contribution in [-0.2, 0) is 11.3 Å². The van der Waals surface area contributed by atoms with Crippen molar-refractivity contribution in [3.63, 3.8) is 0 Å². The van der Waals surface area contributed by atoms with Crippen LogP contribution in [0.15, 0.2) is 52.1 Å². The van der Waals surface area contributed by atoms with E-state index < -0.39 is 0 Å². The summed E-state index contributed by atoms with van der Waals surface area (Å²) in [6.45, 7) is 6.92. The Morgan fingerprint density at radius 3 is 2.63 bits per heavy atom. The zero-order valence-corrected chi connectivity index (χ0v) is 18.1. The Bertz CT molecular complexity index is 760. The first-order valence-corrected chi connectivity index (χ1v) is 10.3. The van der Waals surface area contributed by atoms with E-state index in [0.717, 1.165) is 50.7 Å². The van der Waals surface area contributed by atoms with E-state index >= 15 is 0 Å². The van der Waals surface area contributed by atoms with Crippen molar-refractivity contribution < 1.29 is 13.9 Å². The third kappa shape index (κ3) is 8.67. The summed E-state index contributed by atoms with van der Waals surface area (Å²) in [5, 5.41) is 9.44. The fourth-order valence-corrected chi connectivity index (χ4v) is 2.76. The lowest BCUT2D eigenvalue weighted by atomic mass is 10.2. The molecule has 0 saturated heterocycles. The number of hydrogen-bond donors (Lipinski definition) is 3. The summed E-state index contributed by atoms with van der Waals surface area (Å²) in [6.07, 6.45) is 2.50. The molecular weight excluding hydrogens is 382 g/mol. The molecule has 0 atom stereocenters. The zero-order valence-electron chi connectivity index (χ0n) is 18.1. The fraction of sp³-hybridized carbons (Fsp3) is 0.455. The quantitative estimate of drug-likeness (QED) is 0.280. The highest BCUT2D eigenvalue weighted by molar-refractivity contribution is 6.02. The number of benzene rings is 1. The lowest BCUT2D eigenvalue weighted by Gasteiger charge is -2.18. The Kier molecular flexibility index (Phi) is 10.5. The van der Waals surface area contributed by atoms with E-state index in [1.807, 2.05) is 31.2 Å². The van der Waals surface area contributed by atoms with Gasteiger partial charge in [0.05, 0.1) is 12.8 Å². The average molecular weight is 416 g/mol. The van der Waals surface area contributed by atoms with Crippen LogP contribution in [0.4, 0.5) is 5.69 Å². The van der Waals surface area contributed by atoms with Gasteiger partial charge in [0.2, 0.25) is 0 Å². The number of likely N-dealkylation sites (N-methyl/N-ethyl adjacent to an activating group) is 1. The van der Waals surface area contributed by atoms with Crippen LogP contribution in [0.3, 0.4) is 0 Å². The Morgan fingerprint density at radius 1 is 1.17 bits per heavy atom. The van der Waals surface area contributed by atoms with E-state index in [-0.39, 0.29) is 11.7 Å². The predicted molar refractivity (Wildman–Crippen MR) is 120 cm³/mol. The van der Waals surface area contributed by atoms with Crippen molar-refractivity contribution in [2.24, 2.45) is 4.99 Å². The molecule has 1 aromatic heterocycles. The van der Waals surface area contributed by atoms with Gasteiger partial charge in [0, 0.05) is 45.6 Å². The van der Waals surface area contributed by atoms with Crippen LogP contribution in [0.25, 0.3) is 0 Å². The summed E-state index contributed by atoms with van der Waals surface area (Å²) in [6, 6.07) is 10.9. The standard InChI is InChI=1S/C22H33N5O3/c1-4-23-22(24-12-14-27(2)13-6-15-29-3)25-17-18-8-10-19(11-9-18)26-21(28)20-7-5-16-30-20/h5,7-11,16H,4,6,12-15,17H2,1-3H3,(H,26,28)(H2,23,24,25). The van der Waals surface area contributed by atoms with Gasteiger partial charge in [-0.05, 0) is 50.2 Å². The molecule has 3 N–H and O–H groups in total. The number of amides is 1. The van der Waals surface area contributed by atoms with E-state index in [0.29, 0.717) is 12.2 Å². The second-order valence-corrected chi connectivity index (χ2v) is 6.90. The molecule has 2 aromatic rings. The molecule has 0 fully saturated rings. The Morgan fingerprint density at radius 2 is 1.97 bits per heavy atom. The van der Waals surface area contributed by atoms with Crippen LogP contribution in [0.2, 0.25) is 0 Å². The first-order valence-electron chi connectivity index (χ1n) is 10.3. The number of rotatable bonds is 12. The van der Waals surface area contributed by atoms with E-state index in [4.69, 9.17) is 9.15 Å². The highest BCUT2D eigenvalue weighted by atomic mass is 16.5. The normalized spacial score (nSPS) is 11.5. The summed E-state index contributed by atoms with van der Waals surface area (Å²) in [5.74, 6) is 0.809. The summed E-state index contributed by atoms with van der Waals surface area (Å²) in [4.78, 5) is 18.9. The predicted octanol–water partition coefficient (Wildman–Crippen LogP) is 2.56. The number of guanidine groups is 1. The molecule has 0 aliphatic carbocycles. The number of furan rings is 1. The van der Waals surface area contributed by atoms with Gasteiger partial charge >= 0.3 is 0 Å². The average Bonchev–Trinajstić information content (AvgIpc) is 3.28. The maximum absolute atomic E-state index is 12.0. The molecule has 0 aliphatic rings. The number of methoxy groups -OCH3 is 1. The monoisotopic (exact) mass is 415 g/mol. The number of anilines is 1. The molecule has 30 heavy (non-hydrogen) atoms. The van der Waals surface area contributed by atoms with E-state index in [1.54, 1.807) is 19.2 Å². The topological polar surface area (TPSA) is 91.1 Å². The first kappa shape index (κ1) is 23.4. The van der Waals surface area contributed by atoms with E-state index in [1.165, 1.54) is 6.26 Å². The zero-order chi connectivity index (χ0) is 21.6. The van der Waals surface area contributed by atoms with Crippen molar-refractivity contribution in [3.05, 3.63) is 54.0 Å². The largest absolute Gasteiger partial charge is 0.459 e. The molecule has 1 aromatic carbocycles. The molecule has 0 saturated carbocycles. The minimum atomic E-state index is -0.267. The van der Waals surface area contributed by atoms with Crippen LogP contribution >= 0.6 is 0 Å². The SMILES string of the molecule is CCNC(=NCc1ccc(NC(=O)c2ccco2)cc1)NCCN(C)CCCOC. The molecule has 164 valence electrons. The number of carbonyl (C=O) groups excluding carboxylic acids is 1. The number of nitrogens with one attached hydrogen (secondary N) is 3. The van der Waals surface area contributed by atoms with Crippen molar-refractivity contribution >= 4 is 17.6 Å². The van der Waals surface area contributed by atoms with Gasteiger partial charge in [0.15, 0.2) is 11.7 Å². The summed E-state index contributed by atoms with van der Waals surface area (Å²) < 4.78 is 10.2. The molecule has 0 aliphatic heterocycles. The molecule has 8 heteroatoms. The Labute approximate surface area is 178 Å². The van der Waals surface area contributed by atoms with E-state index in [2.05, 4.69) is 32.9 Å². The second kappa shape index (κ2) is 13.4. The van der Waals surface area contributed by atoms with Crippen LogP contribution in [-0.4, -0.2) is 63.7 Å². The van der Waals surface area contributed by atoms with Gasteiger partial charge in [-0.15, -0.1) is 0 Å². The lowest BCUT2D eigenvalue weighted by Crippen LogP contribution is -2.41. The van der Waals surface area contributed by atoms with Gasteiger partial charge in [-0.2, -0.15) is 0 Å². The van der Waals surface area contributed by atoms with Crippen molar-refractivity contribution in [3.8, 4) is 0 Å². The fourth-order valence-electron chi connectivity index (χ4n) is 2.76. The number of ether oxygens (including phenoxy) is 1. The molecule has 2 rings (SSSR count). The van der Waals surface area contributed by atoms with Gasteiger partial charge < -0.3 is 30.0 Å². The van der Waals surface area contributed by atoms with Crippen LogP contribution < -0.4 is 16.0 Å². The number of aliphatic imine (C=N–C) groups is 1. The van der Waals surface area contributed by atoms with Gasteiger partial charge in [-0.1, -0.05) is 12.1 Å².